The first-order valence-electron chi connectivity index (χ1n) is 5.25. The molecule has 0 saturated carbocycles. The van der Waals surface area contributed by atoms with E-state index in [4.69, 9.17) is 0 Å². The maximum Gasteiger partial charge on any atom is 0.0354 e. The van der Waals surface area contributed by atoms with Crippen LogP contribution in [0.1, 0.15) is 24.1 Å². The van der Waals surface area contributed by atoms with E-state index in [2.05, 4.69) is 43.1 Å². The Morgan fingerprint density at radius 2 is 2.29 bits per heavy atom. The zero-order valence-corrected chi connectivity index (χ0v) is 8.66. The topological polar surface area (TPSA) is 12.0 Å². The quantitative estimate of drug-likeness (QED) is 0.717. The average Bonchev–Trinajstić information content (AvgIpc) is 2.51. The van der Waals surface area contributed by atoms with Crippen molar-refractivity contribution in [3.05, 3.63) is 48.0 Å². The number of rotatable bonds is 3. The van der Waals surface area contributed by atoms with Crippen LogP contribution in [-0.2, 0) is 6.42 Å². The van der Waals surface area contributed by atoms with E-state index in [0.717, 1.165) is 6.54 Å². The molecule has 0 radical (unpaired) electrons. The van der Waals surface area contributed by atoms with E-state index in [1.165, 1.54) is 17.5 Å². The lowest BCUT2D eigenvalue weighted by molar-refractivity contribution is 0.433. The van der Waals surface area contributed by atoms with Crippen LogP contribution in [-0.4, -0.2) is 6.54 Å². The summed E-state index contributed by atoms with van der Waals surface area (Å²) in [5, 5.41) is 3.52. The fourth-order valence-electron chi connectivity index (χ4n) is 2.32. The van der Waals surface area contributed by atoms with Gasteiger partial charge >= 0.3 is 0 Å². The van der Waals surface area contributed by atoms with Crippen LogP contribution in [0.25, 0.3) is 0 Å². The van der Waals surface area contributed by atoms with Crippen LogP contribution in [0, 0.1) is 5.92 Å². The molecular weight excluding hydrogens is 170 g/mol. The summed E-state index contributed by atoms with van der Waals surface area (Å²) < 4.78 is 0. The van der Waals surface area contributed by atoms with Gasteiger partial charge in [0.05, 0.1) is 0 Å². The molecule has 1 aliphatic carbocycles. The molecule has 1 aromatic carbocycles. The number of hydrogen-bond acceptors (Lipinski definition) is 1. The Bertz CT molecular complexity index is 330. The standard InChI is InChI=1S/C13H17N/c1-3-8-14-13-10(2)9-11-6-4-5-7-12(11)13/h3-7,10,13-14H,1,8-9H2,2H3/t10-,13-/m1/s1. The highest BCUT2D eigenvalue weighted by Crippen LogP contribution is 2.35. The van der Waals surface area contributed by atoms with Gasteiger partial charge in [-0.3, -0.25) is 0 Å². The first kappa shape index (κ1) is 9.47. The highest BCUT2D eigenvalue weighted by molar-refractivity contribution is 5.35. The average molecular weight is 187 g/mol. The lowest BCUT2D eigenvalue weighted by Crippen LogP contribution is -2.23. The fraction of sp³-hybridized carbons (Fsp3) is 0.385. The minimum Gasteiger partial charge on any atom is -0.306 e. The van der Waals surface area contributed by atoms with Gasteiger partial charge in [0.1, 0.15) is 0 Å². The molecule has 0 unspecified atom stereocenters. The van der Waals surface area contributed by atoms with Crippen molar-refractivity contribution in [1.29, 1.82) is 0 Å². The summed E-state index contributed by atoms with van der Waals surface area (Å²) >= 11 is 0. The molecule has 0 aliphatic heterocycles. The highest BCUT2D eigenvalue weighted by Gasteiger charge is 2.27. The Balaban J connectivity index is 2.21. The summed E-state index contributed by atoms with van der Waals surface area (Å²) in [6, 6.07) is 9.24. The van der Waals surface area contributed by atoms with Crippen LogP contribution in [0.15, 0.2) is 36.9 Å². The minimum absolute atomic E-state index is 0.518. The van der Waals surface area contributed by atoms with Gasteiger partial charge in [-0.25, -0.2) is 0 Å². The number of fused-ring (bicyclic) bond motifs is 1. The third-order valence-electron chi connectivity index (χ3n) is 2.98. The summed E-state index contributed by atoms with van der Waals surface area (Å²) in [6.45, 7) is 6.94. The second-order valence-electron chi connectivity index (χ2n) is 4.05. The van der Waals surface area contributed by atoms with E-state index >= 15 is 0 Å². The van der Waals surface area contributed by atoms with Gasteiger partial charge in [-0.05, 0) is 23.5 Å². The minimum atomic E-state index is 0.518. The Morgan fingerprint density at radius 1 is 1.50 bits per heavy atom. The van der Waals surface area contributed by atoms with E-state index in [1.54, 1.807) is 0 Å². The van der Waals surface area contributed by atoms with Crippen molar-refractivity contribution in [2.24, 2.45) is 5.92 Å². The fourth-order valence-corrected chi connectivity index (χ4v) is 2.32. The van der Waals surface area contributed by atoms with Gasteiger partial charge in [0.25, 0.3) is 0 Å². The molecule has 1 aromatic rings. The van der Waals surface area contributed by atoms with Crippen molar-refractivity contribution in [3.8, 4) is 0 Å². The predicted octanol–water partition coefficient (Wildman–Crippen LogP) is 2.70. The second-order valence-corrected chi connectivity index (χ2v) is 4.05. The number of benzene rings is 1. The van der Waals surface area contributed by atoms with Crippen LogP contribution in [0.2, 0.25) is 0 Å². The molecule has 2 rings (SSSR count). The van der Waals surface area contributed by atoms with E-state index in [1.807, 2.05) is 6.08 Å². The smallest absolute Gasteiger partial charge is 0.0354 e. The predicted molar refractivity (Wildman–Crippen MR) is 60.3 cm³/mol. The highest BCUT2D eigenvalue weighted by atomic mass is 14.9. The molecule has 14 heavy (non-hydrogen) atoms. The van der Waals surface area contributed by atoms with Gasteiger partial charge < -0.3 is 5.32 Å². The van der Waals surface area contributed by atoms with Gasteiger partial charge in [-0.2, -0.15) is 0 Å². The van der Waals surface area contributed by atoms with E-state index in [0.29, 0.717) is 12.0 Å². The molecule has 0 amide bonds. The molecule has 1 aliphatic rings. The largest absolute Gasteiger partial charge is 0.306 e. The van der Waals surface area contributed by atoms with Gasteiger partial charge in [-0.15, -0.1) is 6.58 Å². The van der Waals surface area contributed by atoms with Crippen LogP contribution >= 0.6 is 0 Å². The molecule has 0 saturated heterocycles. The normalized spacial score (nSPS) is 24.6. The van der Waals surface area contributed by atoms with Gasteiger partial charge in [0.2, 0.25) is 0 Å². The third-order valence-corrected chi connectivity index (χ3v) is 2.98. The van der Waals surface area contributed by atoms with Crippen LogP contribution in [0.4, 0.5) is 0 Å². The van der Waals surface area contributed by atoms with Crippen molar-refractivity contribution < 1.29 is 0 Å². The van der Waals surface area contributed by atoms with E-state index in [-0.39, 0.29) is 0 Å². The van der Waals surface area contributed by atoms with Crippen molar-refractivity contribution in [3.63, 3.8) is 0 Å². The van der Waals surface area contributed by atoms with Crippen LogP contribution < -0.4 is 5.32 Å². The van der Waals surface area contributed by atoms with Crippen LogP contribution in [0.3, 0.4) is 0 Å². The molecule has 2 atom stereocenters. The monoisotopic (exact) mass is 187 g/mol. The van der Waals surface area contributed by atoms with E-state index < -0.39 is 0 Å². The summed E-state index contributed by atoms with van der Waals surface area (Å²) in [5.41, 5.74) is 2.98. The summed E-state index contributed by atoms with van der Waals surface area (Å²) in [7, 11) is 0. The van der Waals surface area contributed by atoms with Crippen molar-refractivity contribution in [2.75, 3.05) is 6.54 Å². The van der Waals surface area contributed by atoms with Crippen molar-refractivity contribution in [2.45, 2.75) is 19.4 Å². The van der Waals surface area contributed by atoms with E-state index in [9.17, 15) is 0 Å². The van der Waals surface area contributed by atoms with Gasteiger partial charge in [0.15, 0.2) is 0 Å². The first-order chi connectivity index (χ1) is 6.83. The molecular formula is C13H17N. The number of nitrogens with one attached hydrogen (secondary N) is 1. The molecule has 0 heterocycles. The molecule has 0 aromatic heterocycles. The van der Waals surface area contributed by atoms with Crippen molar-refractivity contribution in [1.82, 2.24) is 5.32 Å². The lowest BCUT2D eigenvalue weighted by atomic mass is 10.0. The van der Waals surface area contributed by atoms with Crippen LogP contribution in [0.5, 0.6) is 0 Å². The molecule has 0 spiro atoms. The summed E-state index contributed by atoms with van der Waals surface area (Å²) in [5.74, 6) is 0.701. The maximum absolute atomic E-state index is 3.74. The lowest BCUT2D eigenvalue weighted by Gasteiger charge is -2.17. The Labute approximate surface area is 85.8 Å². The number of hydrogen-bond donors (Lipinski definition) is 1. The molecule has 1 N–H and O–H groups in total. The summed E-state index contributed by atoms with van der Waals surface area (Å²) in [4.78, 5) is 0. The molecule has 1 heteroatoms. The molecule has 74 valence electrons. The molecule has 0 fully saturated rings. The van der Waals surface area contributed by atoms with Crippen molar-refractivity contribution >= 4 is 0 Å². The Kier molecular flexibility index (Phi) is 2.69. The Morgan fingerprint density at radius 3 is 3.07 bits per heavy atom. The molecule has 1 nitrogen and oxygen atoms in total. The summed E-state index contributed by atoms with van der Waals surface area (Å²) in [6.07, 6.45) is 3.12. The maximum atomic E-state index is 3.74. The first-order valence-corrected chi connectivity index (χ1v) is 5.25. The second kappa shape index (κ2) is 3.97. The Hall–Kier alpha value is -1.08. The van der Waals surface area contributed by atoms with Gasteiger partial charge in [0, 0.05) is 12.6 Å². The zero-order chi connectivity index (χ0) is 9.97. The molecule has 0 bridgehead atoms. The SMILES string of the molecule is C=CCN[C@H]1c2ccccc2C[C@H]1C. The zero-order valence-electron chi connectivity index (χ0n) is 8.66. The third kappa shape index (κ3) is 1.60. The van der Waals surface area contributed by atoms with Gasteiger partial charge in [-0.1, -0.05) is 37.3 Å².